The normalized spacial score (nSPS) is 13.1. The van der Waals surface area contributed by atoms with E-state index in [0.717, 1.165) is 22.2 Å². The topological polar surface area (TPSA) is 105 Å². The van der Waals surface area contributed by atoms with Gasteiger partial charge in [-0.05, 0) is 53.3 Å². The Labute approximate surface area is 192 Å². The number of fused-ring (bicyclic) bond motifs is 1. The fourth-order valence-corrected chi connectivity index (χ4v) is 4.88. The van der Waals surface area contributed by atoms with Crippen molar-refractivity contribution >= 4 is 38.2 Å². The highest BCUT2D eigenvalue weighted by molar-refractivity contribution is 7.93. The van der Waals surface area contributed by atoms with Crippen molar-refractivity contribution in [3.63, 3.8) is 0 Å². The van der Waals surface area contributed by atoms with Gasteiger partial charge in [0.2, 0.25) is 0 Å². The highest BCUT2D eigenvalue weighted by atomic mass is 32.2. The number of nitrogens with two attached hydrogens (primary N) is 1. The number of nitrogen functional groups attached to an aromatic ring is 1. The molecule has 0 spiro atoms. The summed E-state index contributed by atoms with van der Waals surface area (Å²) in [7, 11) is -2.84. The SMILES string of the molecule is CC(C)c1nc(N=S(C)(=O)c2cccnc2)c2cc(N)c(C=N)cc2c1-c1ccc(F)cc1. The van der Waals surface area contributed by atoms with E-state index < -0.39 is 9.73 Å². The lowest BCUT2D eigenvalue weighted by Crippen LogP contribution is -2.03. The molecule has 33 heavy (non-hydrogen) atoms. The Balaban J connectivity index is 2.14. The third-order valence-electron chi connectivity index (χ3n) is 5.38. The molecule has 168 valence electrons. The van der Waals surface area contributed by atoms with Crippen molar-refractivity contribution in [1.82, 2.24) is 9.97 Å². The second-order valence-electron chi connectivity index (χ2n) is 8.11. The van der Waals surface area contributed by atoms with E-state index in [-0.39, 0.29) is 11.7 Å². The molecule has 1 atom stereocenters. The van der Waals surface area contributed by atoms with Crippen LogP contribution in [-0.2, 0) is 9.73 Å². The second kappa shape index (κ2) is 8.71. The summed E-state index contributed by atoms with van der Waals surface area (Å²) in [6.07, 6.45) is 5.89. The lowest BCUT2D eigenvalue weighted by atomic mass is 9.91. The molecule has 0 radical (unpaired) electrons. The molecular formula is C25H24FN5OS. The number of anilines is 1. The molecule has 4 aromatic rings. The highest BCUT2D eigenvalue weighted by Gasteiger charge is 2.20. The van der Waals surface area contributed by atoms with Gasteiger partial charge in [0.25, 0.3) is 0 Å². The van der Waals surface area contributed by atoms with Gasteiger partial charge in [0.05, 0.1) is 20.3 Å². The molecule has 2 heterocycles. The average molecular weight is 462 g/mol. The van der Waals surface area contributed by atoms with Crippen LogP contribution in [0.5, 0.6) is 0 Å². The van der Waals surface area contributed by atoms with E-state index in [0.29, 0.717) is 27.4 Å². The molecule has 6 nitrogen and oxygen atoms in total. The molecule has 4 rings (SSSR count). The van der Waals surface area contributed by atoms with E-state index in [1.54, 1.807) is 42.8 Å². The highest BCUT2D eigenvalue weighted by Crippen LogP contribution is 2.41. The maximum absolute atomic E-state index is 13.6. The largest absolute Gasteiger partial charge is 0.398 e. The Kier molecular flexibility index (Phi) is 5.95. The van der Waals surface area contributed by atoms with Crippen LogP contribution in [0.15, 0.2) is 70.2 Å². The monoisotopic (exact) mass is 461 g/mol. The molecule has 0 aliphatic heterocycles. The number of nitrogens with one attached hydrogen (secondary N) is 1. The summed E-state index contributed by atoms with van der Waals surface area (Å²) in [6.45, 7) is 4.01. The zero-order valence-electron chi connectivity index (χ0n) is 18.5. The molecule has 1 unspecified atom stereocenters. The minimum Gasteiger partial charge on any atom is -0.398 e. The van der Waals surface area contributed by atoms with Crippen molar-refractivity contribution in [2.45, 2.75) is 24.7 Å². The summed E-state index contributed by atoms with van der Waals surface area (Å²) >= 11 is 0. The summed E-state index contributed by atoms with van der Waals surface area (Å²) < 4.78 is 31.8. The fourth-order valence-electron chi connectivity index (χ4n) is 3.71. The van der Waals surface area contributed by atoms with Crippen molar-refractivity contribution in [3.05, 3.63) is 78.0 Å². The van der Waals surface area contributed by atoms with Gasteiger partial charge >= 0.3 is 0 Å². The minimum absolute atomic E-state index is 0.00399. The third kappa shape index (κ3) is 4.34. The predicted molar refractivity (Wildman–Crippen MR) is 132 cm³/mol. The Morgan fingerprint density at radius 2 is 1.88 bits per heavy atom. The van der Waals surface area contributed by atoms with Crippen LogP contribution in [0.2, 0.25) is 0 Å². The van der Waals surface area contributed by atoms with Crippen LogP contribution in [0.3, 0.4) is 0 Å². The summed E-state index contributed by atoms with van der Waals surface area (Å²) in [6, 6.07) is 13.2. The number of benzene rings is 2. The van der Waals surface area contributed by atoms with E-state index in [2.05, 4.69) is 9.35 Å². The molecule has 0 aliphatic rings. The molecule has 2 aromatic heterocycles. The van der Waals surface area contributed by atoms with Crippen LogP contribution in [0.25, 0.3) is 21.9 Å². The number of nitrogens with zero attached hydrogens (tertiary/aromatic N) is 3. The van der Waals surface area contributed by atoms with Crippen LogP contribution >= 0.6 is 0 Å². The zero-order chi connectivity index (χ0) is 23.8. The molecule has 2 aromatic carbocycles. The van der Waals surface area contributed by atoms with Gasteiger partial charge in [-0.15, -0.1) is 0 Å². The Bertz CT molecular complexity index is 1470. The number of hydrogen-bond donors (Lipinski definition) is 2. The maximum atomic E-state index is 13.6. The first-order valence-corrected chi connectivity index (χ1v) is 12.3. The van der Waals surface area contributed by atoms with E-state index in [1.807, 2.05) is 19.9 Å². The molecule has 0 aliphatic carbocycles. The predicted octanol–water partition coefficient (Wildman–Crippen LogP) is 5.93. The van der Waals surface area contributed by atoms with Crippen molar-refractivity contribution in [2.24, 2.45) is 4.36 Å². The Morgan fingerprint density at radius 1 is 1.15 bits per heavy atom. The first kappa shape index (κ1) is 22.5. The quantitative estimate of drug-likeness (QED) is 0.284. The van der Waals surface area contributed by atoms with E-state index in [1.165, 1.54) is 24.5 Å². The van der Waals surface area contributed by atoms with Gasteiger partial charge in [0, 0.05) is 47.1 Å². The molecule has 0 fully saturated rings. The molecule has 0 saturated carbocycles. The average Bonchev–Trinajstić information content (AvgIpc) is 2.79. The number of rotatable bonds is 5. The van der Waals surface area contributed by atoms with Gasteiger partial charge in [-0.2, -0.15) is 4.36 Å². The van der Waals surface area contributed by atoms with Crippen LogP contribution < -0.4 is 5.73 Å². The standard InChI is InChI=1S/C25H24FN5OS/c1-15(2)24-23(16-6-8-18(26)9-7-16)20-11-17(13-27)22(28)12-21(20)25(30-24)31-33(3,32)19-5-4-10-29-14-19/h4-15,27H,28H2,1-3H3. The molecule has 3 N–H and O–H groups in total. The van der Waals surface area contributed by atoms with Crippen LogP contribution in [0, 0.1) is 11.2 Å². The zero-order valence-corrected chi connectivity index (χ0v) is 19.4. The van der Waals surface area contributed by atoms with Crippen molar-refractivity contribution < 1.29 is 8.60 Å². The van der Waals surface area contributed by atoms with Gasteiger partial charge in [0.15, 0.2) is 5.82 Å². The van der Waals surface area contributed by atoms with Gasteiger partial charge in [-0.1, -0.05) is 26.0 Å². The van der Waals surface area contributed by atoms with Crippen molar-refractivity contribution in [3.8, 4) is 11.1 Å². The van der Waals surface area contributed by atoms with Gasteiger partial charge < -0.3 is 11.1 Å². The number of aromatic nitrogens is 2. The van der Waals surface area contributed by atoms with Crippen molar-refractivity contribution in [1.29, 1.82) is 5.41 Å². The lowest BCUT2D eigenvalue weighted by molar-refractivity contribution is 0.628. The Morgan fingerprint density at radius 3 is 2.48 bits per heavy atom. The first-order valence-electron chi connectivity index (χ1n) is 10.4. The molecule has 8 heteroatoms. The van der Waals surface area contributed by atoms with Gasteiger partial charge in [0.1, 0.15) is 5.82 Å². The van der Waals surface area contributed by atoms with E-state index in [9.17, 15) is 8.60 Å². The summed E-state index contributed by atoms with van der Waals surface area (Å²) in [4.78, 5) is 9.39. The molecule has 0 amide bonds. The first-order chi connectivity index (χ1) is 15.7. The third-order valence-corrected chi connectivity index (χ3v) is 7.02. The Hall–Kier alpha value is -3.65. The fraction of sp³-hybridized carbons (Fsp3) is 0.160. The smallest absolute Gasteiger partial charge is 0.170 e. The molecule has 0 bridgehead atoms. The summed E-state index contributed by atoms with van der Waals surface area (Å²) in [5.41, 5.74) is 9.46. The number of halogens is 1. The lowest BCUT2D eigenvalue weighted by Gasteiger charge is -2.18. The van der Waals surface area contributed by atoms with Crippen LogP contribution in [-0.4, -0.2) is 26.6 Å². The van der Waals surface area contributed by atoms with Gasteiger partial charge in [-0.25, -0.2) is 13.6 Å². The summed E-state index contributed by atoms with van der Waals surface area (Å²) in [5.74, 6) is -0.0322. The van der Waals surface area contributed by atoms with Crippen molar-refractivity contribution in [2.75, 3.05) is 12.0 Å². The molecule has 0 saturated heterocycles. The van der Waals surface area contributed by atoms with Gasteiger partial charge in [-0.3, -0.25) is 4.98 Å². The van der Waals surface area contributed by atoms with Crippen LogP contribution in [0.1, 0.15) is 31.0 Å². The maximum Gasteiger partial charge on any atom is 0.170 e. The minimum atomic E-state index is -2.84. The number of hydrogen-bond acceptors (Lipinski definition) is 6. The van der Waals surface area contributed by atoms with E-state index >= 15 is 0 Å². The number of pyridine rings is 2. The second-order valence-corrected chi connectivity index (χ2v) is 10.4. The molecular weight excluding hydrogens is 437 g/mol. The van der Waals surface area contributed by atoms with Crippen LogP contribution in [0.4, 0.5) is 15.9 Å². The summed E-state index contributed by atoms with van der Waals surface area (Å²) in [5, 5.41) is 9.13. The van der Waals surface area contributed by atoms with E-state index in [4.69, 9.17) is 16.1 Å².